The largest absolute Gasteiger partial charge is 0.394 e. The Morgan fingerprint density at radius 1 is 0.356 bits per heavy atom. The Morgan fingerprint density at radius 3 is 0.814 bits per heavy atom. The van der Waals surface area contributed by atoms with E-state index in [-0.39, 0.29) is 12.5 Å². The van der Waals surface area contributed by atoms with Gasteiger partial charge >= 0.3 is 0 Å². The van der Waals surface area contributed by atoms with Gasteiger partial charge in [0.1, 0.15) is 6.10 Å². The van der Waals surface area contributed by atoms with Crippen LogP contribution in [0.3, 0.4) is 0 Å². The lowest BCUT2D eigenvalue weighted by Crippen LogP contribution is -2.50. The molecule has 59 heavy (non-hydrogen) atoms. The van der Waals surface area contributed by atoms with E-state index in [1.807, 2.05) is 0 Å². The second-order valence-corrected chi connectivity index (χ2v) is 19.2. The summed E-state index contributed by atoms with van der Waals surface area (Å²) in [5.74, 6) is -0.137. The second-order valence-electron chi connectivity index (χ2n) is 19.2. The number of aliphatic hydroxyl groups is 3. The summed E-state index contributed by atoms with van der Waals surface area (Å²) >= 11 is 0. The number of aliphatic hydroxyl groups excluding tert-OH is 3. The standard InChI is InChI=1S/C54H109NO4/c1-3-5-7-9-11-13-15-17-19-20-21-22-23-24-25-26-27-28-29-30-31-32-33-34-35-37-39-41-43-45-47-49-53(58)55-51(50-56)54(59)52(57)48-46-44-42-40-38-36-18-16-14-12-10-8-6-4-2/h51-52,54,56-57,59H,3-50H2,1-2H3,(H,55,58). The molecule has 0 fully saturated rings. The van der Waals surface area contributed by atoms with Gasteiger partial charge in [-0.2, -0.15) is 0 Å². The molecule has 0 aromatic rings. The van der Waals surface area contributed by atoms with Crippen molar-refractivity contribution in [2.45, 2.75) is 334 Å². The molecule has 0 aliphatic heterocycles. The molecule has 0 aromatic carbocycles. The Morgan fingerprint density at radius 2 is 0.576 bits per heavy atom. The summed E-state index contributed by atoms with van der Waals surface area (Å²) in [5.41, 5.74) is 0. The van der Waals surface area contributed by atoms with Crippen LogP contribution in [0.15, 0.2) is 0 Å². The van der Waals surface area contributed by atoms with E-state index in [1.165, 1.54) is 257 Å². The van der Waals surface area contributed by atoms with Crippen molar-refractivity contribution in [1.82, 2.24) is 5.32 Å². The molecule has 1 amide bonds. The van der Waals surface area contributed by atoms with Crippen LogP contribution < -0.4 is 5.32 Å². The quantitative estimate of drug-likeness (QED) is 0.0460. The van der Waals surface area contributed by atoms with Crippen molar-refractivity contribution < 1.29 is 20.1 Å². The number of rotatable bonds is 51. The summed E-state index contributed by atoms with van der Waals surface area (Å²) in [6, 6.07) is -0.803. The van der Waals surface area contributed by atoms with E-state index in [0.29, 0.717) is 12.8 Å². The first-order chi connectivity index (χ1) is 29.1. The fourth-order valence-electron chi connectivity index (χ4n) is 8.99. The zero-order valence-corrected chi connectivity index (χ0v) is 40.4. The molecule has 3 atom stereocenters. The van der Waals surface area contributed by atoms with Gasteiger partial charge in [0.2, 0.25) is 5.91 Å². The van der Waals surface area contributed by atoms with E-state index in [4.69, 9.17) is 0 Å². The number of carbonyl (C=O) groups excluding carboxylic acids is 1. The van der Waals surface area contributed by atoms with Crippen LogP contribution in [0.4, 0.5) is 0 Å². The first-order valence-corrected chi connectivity index (χ1v) is 27.3. The highest BCUT2D eigenvalue weighted by Gasteiger charge is 2.26. The molecule has 0 rings (SSSR count). The molecule has 0 aliphatic carbocycles. The Bertz CT molecular complexity index is 792. The summed E-state index contributed by atoms with van der Waals surface area (Å²) in [6.07, 6.45) is 59.7. The third kappa shape index (κ3) is 45.2. The Kier molecular flexibility index (Phi) is 49.4. The molecule has 0 spiro atoms. The first-order valence-electron chi connectivity index (χ1n) is 27.3. The smallest absolute Gasteiger partial charge is 0.220 e. The minimum Gasteiger partial charge on any atom is -0.394 e. The van der Waals surface area contributed by atoms with Crippen molar-refractivity contribution in [2.75, 3.05) is 6.61 Å². The van der Waals surface area contributed by atoms with Crippen LogP contribution in [0.25, 0.3) is 0 Å². The van der Waals surface area contributed by atoms with Crippen molar-refractivity contribution in [3.63, 3.8) is 0 Å². The Hall–Kier alpha value is -0.650. The van der Waals surface area contributed by atoms with Crippen LogP contribution in [-0.4, -0.2) is 46.1 Å². The van der Waals surface area contributed by atoms with Crippen molar-refractivity contribution in [3.05, 3.63) is 0 Å². The molecule has 4 N–H and O–H groups in total. The van der Waals surface area contributed by atoms with Gasteiger partial charge in [0.15, 0.2) is 0 Å². The van der Waals surface area contributed by atoms with Gasteiger partial charge in [-0.1, -0.05) is 296 Å². The number of unbranched alkanes of at least 4 members (excludes halogenated alkanes) is 43. The number of hydrogen-bond donors (Lipinski definition) is 4. The maximum absolute atomic E-state index is 12.5. The lowest BCUT2D eigenvalue weighted by Gasteiger charge is -2.26. The van der Waals surface area contributed by atoms with Crippen molar-refractivity contribution in [2.24, 2.45) is 0 Å². The van der Waals surface area contributed by atoms with Gasteiger partial charge in [-0.05, 0) is 12.8 Å². The zero-order chi connectivity index (χ0) is 43.0. The summed E-state index contributed by atoms with van der Waals surface area (Å²) in [6.45, 7) is 4.21. The van der Waals surface area contributed by atoms with Crippen molar-refractivity contribution in [3.8, 4) is 0 Å². The van der Waals surface area contributed by atoms with E-state index in [1.54, 1.807) is 0 Å². The molecule has 0 bridgehead atoms. The molecule has 0 radical (unpaired) electrons. The SMILES string of the molecule is CCCCCCCCCCCCCCCCCCCCCCCCCCCCCCCCCC(=O)NC(CO)C(O)C(O)CCCCCCCCCCCCCCCC. The van der Waals surface area contributed by atoms with Gasteiger partial charge in [-0.25, -0.2) is 0 Å². The molecule has 354 valence electrons. The van der Waals surface area contributed by atoms with Gasteiger partial charge < -0.3 is 20.6 Å². The van der Waals surface area contributed by atoms with Crippen LogP contribution in [-0.2, 0) is 4.79 Å². The fourth-order valence-corrected chi connectivity index (χ4v) is 8.99. The monoisotopic (exact) mass is 836 g/mol. The number of nitrogens with one attached hydrogen (secondary N) is 1. The highest BCUT2D eigenvalue weighted by Crippen LogP contribution is 2.18. The maximum Gasteiger partial charge on any atom is 0.220 e. The minimum absolute atomic E-state index is 0.137. The third-order valence-electron chi connectivity index (χ3n) is 13.2. The zero-order valence-electron chi connectivity index (χ0n) is 40.4. The molecule has 0 saturated carbocycles. The van der Waals surface area contributed by atoms with Crippen LogP contribution >= 0.6 is 0 Å². The molecule has 0 aromatic heterocycles. The maximum atomic E-state index is 12.5. The summed E-state index contributed by atoms with van der Waals surface area (Å²) in [5, 5.41) is 33.7. The lowest BCUT2D eigenvalue weighted by molar-refractivity contribution is -0.124. The topological polar surface area (TPSA) is 89.8 Å². The van der Waals surface area contributed by atoms with Crippen LogP contribution in [0.2, 0.25) is 0 Å². The average molecular weight is 836 g/mol. The molecule has 0 aliphatic rings. The number of carbonyl (C=O) groups is 1. The van der Waals surface area contributed by atoms with Crippen molar-refractivity contribution >= 4 is 5.91 Å². The first kappa shape index (κ1) is 58.4. The van der Waals surface area contributed by atoms with Crippen LogP contribution in [0.5, 0.6) is 0 Å². The van der Waals surface area contributed by atoms with E-state index in [0.717, 1.165) is 32.1 Å². The van der Waals surface area contributed by atoms with E-state index in [2.05, 4.69) is 19.2 Å². The van der Waals surface area contributed by atoms with Crippen molar-refractivity contribution in [1.29, 1.82) is 0 Å². The van der Waals surface area contributed by atoms with Crippen LogP contribution in [0.1, 0.15) is 316 Å². The minimum atomic E-state index is -1.13. The fraction of sp³-hybridized carbons (Fsp3) is 0.981. The third-order valence-corrected chi connectivity index (χ3v) is 13.2. The van der Waals surface area contributed by atoms with E-state index >= 15 is 0 Å². The van der Waals surface area contributed by atoms with Gasteiger partial charge in [0.25, 0.3) is 0 Å². The predicted octanol–water partition coefficient (Wildman–Crippen LogP) is 16.6. The Balaban J connectivity index is 3.44. The van der Waals surface area contributed by atoms with Gasteiger partial charge in [0.05, 0.1) is 18.8 Å². The van der Waals surface area contributed by atoms with Gasteiger partial charge in [-0.3, -0.25) is 4.79 Å². The summed E-state index contributed by atoms with van der Waals surface area (Å²) in [7, 11) is 0. The molecular formula is C54H109NO4. The molecule has 0 heterocycles. The molecular weight excluding hydrogens is 727 g/mol. The molecule has 3 unspecified atom stereocenters. The van der Waals surface area contributed by atoms with Gasteiger partial charge in [0, 0.05) is 6.42 Å². The Labute approximate surface area is 370 Å². The molecule has 5 nitrogen and oxygen atoms in total. The van der Waals surface area contributed by atoms with E-state index in [9.17, 15) is 20.1 Å². The normalized spacial score (nSPS) is 13.2. The van der Waals surface area contributed by atoms with Gasteiger partial charge in [-0.15, -0.1) is 0 Å². The number of hydrogen-bond acceptors (Lipinski definition) is 4. The summed E-state index contributed by atoms with van der Waals surface area (Å²) in [4.78, 5) is 12.5. The highest BCUT2D eigenvalue weighted by atomic mass is 16.3. The molecule has 5 heteroatoms. The van der Waals surface area contributed by atoms with E-state index < -0.39 is 18.2 Å². The number of amides is 1. The van der Waals surface area contributed by atoms with Crippen LogP contribution in [0, 0.1) is 0 Å². The predicted molar refractivity (Wildman–Crippen MR) is 259 cm³/mol. The second kappa shape index (κ2) is 50.0. The summed E-state index contributed by atoms with van der Waals surface area (Å²) < 4.78 is 0. The lowest BCUT2D eigenvalue weighted by atomic mass is 9.99. The average Bonchev–Trinajstić information content (AvgIpc) is 3.24. The molecule has 0 saturated heterocycles. The highest BCUT2D eigenvalue weighted by molar-refractivity contribution is 5.76.